The minimum atomic E-state index is -0.346. The molecule has 0 bridgehead atoms. The molecule has 1 fully saturated rings. The van der Waals surface area contributed by atoms with E-state index in [-0.39, 0.29) is 11.5 Å². The highest BCUT2D eigenvalue weighted by Crippen LogP contribution is 2.05. The molecular formula is C16H21N5O. The minimum absolute atomic E-state index is 0.0733. The van der Waals surface area contributed by atoms with Crippen LogP contribution < -0.4 is 16.0 Å². The van der Waals surface area contributed by atoms with Crippen molar-refractivity contribution in [2.75, 3.05) is 44.6 Å². The maximum Gasteiger partial charge on any atom is 0.263 e. The fraction of sp³-hybridized carbons (Fsp3) is 0.375. The third-order valence-electron chi connectivity index (χ3n) is 3.45. The second kappa shape index (κ2) is 8.82. The topological polar surface area (TPSA) is 80.2 Å². The van der Waals surface area contributed by atoms with Crippen LogP contribution in [0.5, 0.6) is 0 Å². The highest BCUT2D eigenvalue weighted by atomic mass is 16.1. The first-order chi connectivity index (χ1) is 10.8. The summed E-state index contributed by atoms with van der Waals surface area (Å²) in [6.45, 7) is 5.30. The Morgan fingerprint density at radius 1 is 1.32 bits per heavy atom. The first kappa shape index (κ1) is 16.0. The molecule has 1 heterocycles. The maximum atomic E-state index is 12.0. The molecule has 0 saturated carbocycles. The molecule has 1 aromatic carbocycles. The zero-order chi connectivity index (χ0) is 15.6. The van der Waals surface area contributed by atoms with Gasteiger partial charge in [-0.3, -0.25) is 9.69 Å². The SMILES string of the molecule is N#C/C(=C/Nc1ccccc1)C(=O)NCCN1CCNCC1. The van der Waals surface area contributed by atoms with Gasteiger partial charge in [0.1, 0.15) is 11.6 Å². The van der Waals surface area contributed by atoms with Gasteiger partial charge in [-0.05, 0) is 12.1 Å². The number of carbonyl (C=O) groups excluding carboxylic acids is 1. The number of amides is 1. The van der Waals surface area contributed by atoms with Crippen molar-refractivity contribution in [1.29, 1.82) is 5.26 Å². The van der Waals surface area contributed by atoms with E-state index in [0.29, 0.717) is 6.54 Å². The minimum Gasteiger partial charge on any atom is -0.360 e. The Bertz CT molecular complexity index is 543. The molecule has 1 aliphatic rings. The number of hydrogen-bond acceptors (Lipinski definition) is 5. The van der Waals surface area contributed by atoms with E-state index in [9.17, 15) is 4.79 Å². The highest BCUT2D eigenvalue weighted by Gasteiger charge is 2.11. The van der Waals surface area contributed by atoms with Gasteiger partial charge in [-0.2, -0.15) is 5.26 Å². The second-order valence-corrected chi connectivity index (χ2v) is 5.03. The largest absolute Gasteiger partial charge is 0.360 e. The smallest absolute Gasteiger partial charge is 0.263 e. The summed E-state index contributed by atoms with van der Waals surface area (Å²) in [5.74, 6) is -0.346. The van der Waals surface area contributed by atoms with E-state index in [2.05, 4.69) is 20.9 Å². The fourth-order valence-electron chi connectivity index (χ4n) is 2.20. The van der Waals surface area contributed by atoms with Gasteiger partial charge >= 0.3 is 0 Å². The molecule has 0 unspecified atom stereocenters. The van der Waals surface area contributed by atoms with Gasteiger partial charge < -0.3 is 16.0 Å². The Morgan fingerprint density at radius 2 is 2.05 bits per heavy atom. The van der Waals surface area contributed by atoms with Crippen molar-refractivity contribution in [3.05, 3.63) is 42.1 Å². The number of benzene rings is 1. The Labute approximate surface area is 130 Å². The van der Waals surface area contributed by atoms with Gasteiger partial charge in [0.15, 0.2) is 0 Å². The summed E-state index contributed by atoms with van der Waals surface area (Å²) >= 11 is 0. The van der Waals surface area contributed by atoms with Crippen molar-refractivity contribution in [3.63, 3.8) is 0 Å². The number of hydrogen-bond donors (Lipinski definition) is 3. The van der Waals surface area contributed by atoms with Crippen molar-refractivity contribution in [2.45, 2.75) is 0 Å². The van der Waals surface area contributed by atoms with Gasteiger partial charge in [0.2, 0.25) is 0 Å². The van der Waals surface area contributed by atoms with Gasteiger partial charge in [0.05, 0.1) is 0 Å². The van der Waals surface area contributed by atoms with Gasteiger partial charge in [0.25, 0.3) is 5.91 Å². The molecule has 1 aromatic rings. The lowest BCUT2D eigenvalue weighted by atomic mass is 10.2. The van der Waals surface area contributed by atoms with Gasteiger partial charge in [0, 0.05) is 51.2 Å². The number of rotatable bonds is 6. The van der Waals surface area contributed by atoms with Crippen LogP contribution in [0.15, 0.2) is 42.1 Å². The normalized spacial score (nSPS) is 15.9. The summed E-state index contributed by atoms with van der Waals surface area (Å²) in [6, 6.07) is 11.3. The van der Waals surface area contributed by atoms with Crippen LogP contribution in [0.2, 0.25) is 0 Å². The molecule has 22 heavy (non-hydrogen) atoms. The first-order valence-electron chi connectivity index (χ1n) is 7.43. The molecule has 0 aromatic heterocycles. The zero-order valence-corrected chi connectivity index (χ0v) is 12.5. The number of piperazine rings is 1. The number of nitrogens with zero attached hydrogens (tertiary/aromatic N) is 2. The van der Waals surface area contributed by atoms with Crippen molar-refractivity contribution in [3.8, 4) is 6.07 Å². The zero-order valence-electron chi connectivity index (χ0n) is 12.5. The molecule has 0 radical (unpaired) electrons. The second-order valence-electron chi connectivity index (χ2n) is 5.03. The summed E-state index contributed by atoms with van der Waals surface area (Å²) in [5, 5.41) is 18.1. The number of carbonyl (C=O) groups is 1. The average molecular weight is 299 g/mol. The lowest BCUT2D eigenvalue weighted by Gasteiger charge is -2.27. The lowest BCUT2D eigenvalue weighted by molar-refractivity contribution is -0.117. The summed E-state index contributed by atoms with van der Waals surface area (Å²) in [5.41, 5.74) is 0.910. The van der Waals surface area contributed by atoms with Crippen LogP contribution in [0.1, 0.15) is 0 Å². The number of para-hydroxylation sites is 1. The van der Waals surface area contributed by atoms with E-state index in [1.54, 1.807) is 0 Å². The van der Waals surface area contributed by atoms with Crippen LogP contribution in [0, 0.1) is 11.3 Å². The van der Waals surface area contributed by atoms with Crippen LogP contribution in [0.25, 0.3) is 0 Å². The number of nitrogens with one attached hydrogen (secondary N) is 3. The van der Waals surface area contributed by atoms with Crippen molar-refractivity contribution < 1.29 is 4.79 Å². The quantitative estimate of drug-likeness (QED) is 0.527. The standard InChI is InChI=1S/C16H21N5O/c17-12-14(13-20-15-4-2-1-3-5-15)16(22)19-8-11-21-9-6-18-7-10-21/h1-5,13,18,20H,6-11H2,(H,19,22)/b14-13-. The van der Waals surface area contributed by atoms with Crippen molar-refractivity contribution >= 4 is 11.6 Å². The number of anilines is 1. The molecule has 1 saturated heterocycles. The molecule has 3 N–H and O–H groups in total. The van der Waals surface area contributed by atoms with Crippen LogP contribution >= 0.6 is 0 Å². The Hall–Kier alpha value is -2.36. The molecule has 1 amide bonds. The third kappa shape index (κ3) is 5.20. The van der Waals surface area contributed by atoms with Gasteiger partial charge in [-0.1, -0.05) is 18.2 Å². The van der Waals surface area contributed by atoms with E-state index in [0.717, 1.165) is 38.4 Å². The van der Waals surface area contributed by atoms with Crippen LogP contribution in [0.4, 0.5) is 5.69 Å². The van der Waals surface area contributed by atoms with E-state index >= 15 is 0 Å². The number of nitriles is 1. The van der Waals surface area contributed by atoms with E-state index < -0.39 is 0 Å². The van der Waals surface area contributed by atoms with Gasteiger partial charge in [-0.25, -0.2) is 0 Å². The van der Waals surface area contributed by atoms with E-state index in [1.807, 2.05) is 36.4 Å². The lowest BCUT2D eigenvalue weighted by Crippen LogP contribution is -2.46. The van der Waals surface area contributed by atoms with Crippen molar-refractivity contribution in [1.82, 2.24) is 15.5 Å². The molecule has 0 spiro atoms. The van der Waals surface area contributed by atoms with Crippen LogP contribution in [-0.2, 0) is 4.79 Å². The predicted octanol–water partition coefficient (Wildman–Crippen LogP) is 0.527. The summed E-state index contributed by atoms with van der Waals surface area (Å²) in [4.78, 5) is 14.3. The van der Waals surface area contributed by atoms with Crippen LogP contribution in [0.3, 0.4) is 0 Å². The summed E-state index contributed by atoms with van der Waals surface area (Å²) in [7, 11) is 0. The molecule has 1 aliphatic heterocycles. The summed E-state index contributed by atoms with van der Waals surface area (Å²) in [6.07, 6.45) is 1.44. The monoisotopic (exact) mass is 299 g/mol. The van der Waals surface area contributed by atoms with Crippen LogP contribution in [-0.4, -0.2) is 50.1 Å². The van der Waals surface area contributed by atoms with E-state index in [4.69, 9.17) is 5.26 Å². The Balaban J connectivity index is 1.77. The molecular weight excluding hydrogens is 278 g/mol. The molecule has 6 nitrogen and oxygen atoms in total. The van der Waals surface area contributed by atoms with E-state index in [1.165, 1.54) is 6.20 Å². The third-order valence-corrected chi connectivity index (χ3v) is 3.45. The predicted molar refractivity (Wildman–Crippen MR) is 86.1 cm³/mol. The van der Waals surface area contributed by atoms with Gasteiger partial charge in [-0.15, -0.1) is 0 Å². The summed E-state index contributed by atoms with van der Waals surface area (Å²) < 4.78 is 0. The Kier molecular flexibility index (Phi) is 6.42. The molecule has 116 valence electrons. The maximum absolute atomic E-state index is 12.0. The molecule has 2 rings (SSSR count). The molecule has 0 atom stereocenters. The molecule has 0 aliphatic carbocycles. The highest BCUT2D eigenvalue weighted by molar-refractivity contribution is 5.97. The fourth-order valence-corrected chi connectivity index (χ4v) is 2.20. The van der Waals surface area contributed by atoms with Crippen molar-refractivity contribution in [2.24, 2.45) is 0 Å². The molecule has 6 heteroatoms. The first-order valence-corrected chi connectivity index (χ1v) is 7.43. The Morgan fingerprint density at radius 3 is 2.73 bits per heavy atom. The average Bonchev–Trinajstić information content (AvgIpc) is 2.57.